The fourth-order valence-corrected chi connectivity index (χ4v) is 2.45. The first-order valence-electron chi connectivity index (χ1n) is 7.28. The van der Waals surface area contributed by atoms with E-state index in [4.69, 9.17) is 5.73 Å². The molecule has 1 saturated carbocycles. The van der Waals surface area contributed by atoms with Crippen LogP contribution in [0, 0.1) is 11.7 Å². The Balaban J connectivity index is 2.17. The maximum absolute atomic E-state index is 14.3. The minimum Gasteiger partial charge on any atom is -0.366 e. The van der Waals surface area contributed by atoms with Gasteiger partial charge in [0.2, 0.25) is 0 Å². The molecule has 1 aromatic rings. The molecule has 0 radical (unpaired) electrons. The smallest absolute Gasteiger partial charge is 0.146 e. The van der Waals surface area contributed by atoms with Crippen molar-refractivity contribution in [1.29, 1.82) is 0 Å². The summed E-state index contributed by atoms with van der Waals surface area (Å²) in [6, 6.07) is 5.95. The number of halogens is 1. The van der Waals surface area contributed by atoms with E-state index >= 15 is 0 Å². The molecule has 1 unspecified atom stereocenters. The molecular formula is C16H25FN2. The molecule has 0 aromatic heterocycles. The van der Waals surface area contributed by atoms with Crippen LogP contribution in [0.4, 0.5) is 10.1 Å². The Kier molecular flexibility index (Phi) is 4.46. The summed E-state index contributed by atoms with van der Waals surface area (Å²) in [6.45, 7) is 7.16. The molecule has 0 saturated heterocycles. The Labute approximate surface area is 115 Å². The van der Waals surface area contributed by atoms with Crippen LogP contribution in [0.25, 0.3) is 0 Å². The molecule has 0 spiro atoms. The largest absolute Gasteiger partial charge is 0.366 e. The first kappa shape index (κ1) is 14.3. The third-order valence-corrected chi connectivity index (χ3v) is 3.65. The number of benzene rings is 1. The highest BCUT2D eigenvalue weighted by molar-refractivity contribution is 5.50. The van der Waals surface area contributed by atoms with E-state index in [1.807, 2.05) is 19.1 Å². The van der Waals surface area contributed by atoms with E-state index in [0.717, 1.165) is 30.1 Å². The Morgan fingerprint density at radius 3 is 2.47 bits per heavy atom. The predicted molar refractivity (Wildman–Crippen MR) is 79.0 cm³/mol. The first-order chi connectivity index (χ1) is 8.97. The molecule has 0 bridgehead atoms. The SMILES string of the molecule is CC(N)Cc1ccc(N(CC2CC2)C(C)C)c(F)c1. The van der Waals surface area contributed by atoms with Crippen LogP contribution >= 0.6 is 0 Å². The van der Waals surface area contributed by atoms with Gasteiger partial charge in [-0.2, -0.15) is 0 Å². The fraction of sp³-hybridized carbons (Fsp3) is 0.625. The van der Waals surface area contributed by atoms with Crippen LogP contribution in [0.5, 0.6) is 0 Å². The molecule has 1 atom stereocenters. The van der Waals surface area contributed by atoms with Crippen molar-refractivity contribution in [2.24, 2.45) is 11.7 Å². The van der Waals surface area contributed by atoms with Gasteiger partial charge in [-0.05, 0) is 63.6 Å². The summed E-state index contributed by atoms with van der Waals surface area (Å²) in [5, 5.41) is 0. The van der Waals surface area contributed by atoms with E-state index in [9.17, 15) is 4.39 Å². The van der Waals surface area contributed by atoms with E-state index in [1.165, 1.54) is 12.8 Å². The number of nitrogens with zero attached hydrogens (tertiary/aromatic N) is 1. The number of anilines is 1. The van der Waals surface area contributed by atoms with Gasteiger partial charge in [-0.3, -0.25) is 0 Å². The second-order valence-corrected chi connectivity index (χ2v) is 6.16. The summed E-state index contributed by atoms with van der Waals surface area (Å²) in [6.07, 6.45) is 3.29. The van der Waals surface area contributed by atoms with E-state index in [-0.39, 0.29) is 11.9 Å². The average Bonchev–Trinajstić information content (AvgIpc) is 3.09. The van der Waals surface area contributed by atoms with Gasteiger partial charge in [0.1, 0.15) is 5.82 Å². The van der Waals surface area contributed by atoms with Crippen LogP contribution < -0.4 is 10.6 Å². The zero-order valence-corrected chi connectivity index (χ0v) is 12.2. The summed E-state index contributed by atoms with van der Waals surface area (Å²) in [5.74, 6) is 0.637. The highest BCUT2D eigenvalue weighted by Crippen LogP contribution is 2.33. The van der Waals surface area contributed by atoms with E-state index in [2.05, 4.69) is 18.7 Å². The van der Waals surface area contributed by atoms with Gasteiger partial charge in [0.25, 0.3) is 0 Å². The quantitative estimate of drug-likeness (QED) is 0.854. The average molecular weight is 264 g/mol. The normalized spacial score (nSPS) is 16.7. The van der Waals surface area contributed by atoms with Crippen molar-refractivity contribution in [2.45, 2.75) is 52.1 Å². The van der Waals surface area contributed by atoms with Crippen molar-refractivity contribution >= 4 is 5.69 Å². The van der Waals surface area contributed by atoms with Gasteiger partial charge in [-0.25, -0.2) is 4.39 Å². The van der Waals surface area contributed by atoms with Crippen molar-refractivity contribution < 1.29 is 4.39 Å². The van der Waals surface area contributed by atoms with Crippen LogP contribution in [0.3, 0.4) is 0 Å². The van der Waals surface area contributed by atoms with Gasteiger partial charge in [-0.15, -0.1) is 0 Å². The molecule has 0 aliphatic heterocycles. The standard InChI is InChI=1S/C16H25FN2/c1-11(2)19(10-13-4-5-13)16-7-6-14(8-12(3)18)9-15(16)17/h6-7,9,11-13H,4-5,8,10,18H2,1-3H3. The minimum atomic E-state index is -0.118. The lowest BCUT2D eigenvalue weighted by molar-refractivity contribution is 0.585. The molecule has 1 aliphatic carbocycles. The molecule has 3 heteroatoms. The van der Waals surface area contributed by atoms with E-state index in [1.54, 1.807) is 6.07 Å². The molecule has 2 nitrogen and oxygen atoms in total. The van der Waals surface area contributed by atoms with Gasteiger partial charge in [-0.1, -0.05) is 6.07 Å². The Bertz CT molecular complexity index is 425. The molecule has 0 heterocycles. The predicted octanol–water partition coefficient (Wildman–Crippen LogP) is 3.34. The monoisotopic (exact) mass is 264 g/mol. The van der Waals surface area contributed by atoms with Crippen LogP contribution in [0.2, 0.25) is 0 Å². The maximum Gasteiger partial charge on any atom is 0.146 e. The highest BCUT2D eigenvalue weighted by atomic mass is 19.1. The lowest BCUT2D eigenvalue weighted by Gasteiger charge is -2.29. The van der Waals surface area contributed by atoms with Gasteiger partial charge < -0.3 is 10.6 Å². The summed E-state index contributed by atoms with van der Waals surface area (Å²) in [5.41, 5.74) is 7.47. The topological polar surface area (TPSA) is 29.3 Å². The Morgan fingerprint density at radius 2 is 2.00 bits per heavy atom. The van der Waals surface area contributed by atoms with Crippen molar-refractivity contribution in [1.82, 2.24) is 0 Å². The van der Waals surface area contributed by atoms with Crippen LogP contribution in [-0.2, 0) is 6.42 Å². The fourth-order valence-electron chi connectivity index (χ4n) is 2.45. The summed E-state index contributed by atoms with van der Waals surface area (Å²) >= 11 is 0. The Hall–Kier alpha value is -1.09. The summed E-state index contributed by atoms with van der Waals surface area (Å²) in [4.78, 5) is 2.18. The van der Waals surface area contributed by atoms with Gasteiger partial charge in [0, 0.05) is 18.6 Å². The number of hydrogen-bond acceptors (Lipinski definition) is 2. The van der Waals surface area contributed by atoms with Crippen molar-refractivity contribution in [3.05, 3.63) is 29.6 Å². The van der Waals surface area contributed by atoms with Gasteiger partial charge in [0.05, 0.1) is 5.69 Å². The zero-order valence-electron chi connectivity index (χ0n) is 12.2. The van der Waals surface area contributed by atoms with Crippen LogP contribution in [0.15, 0.2) is 18.2 Å². The van der Waals surface area contributed by atoms with Crippen molar-refractivity contribution in [3.8, 4) is 0 Å². The van der Waals surface area contributed by atoms with Crippen molar-refractivity contribution in [2.75, 3.05) is 11.4 Å². The summed E-state index contributed by atoms with van der Waals surface area (Å²) in [7, 11) is 0. The number of nitrogens with two attached hydrogens (primary N) is 1. The van der Waals surface area contributed by atoms with Crippen molar-refractivity contribution in [3.63, 3.8) is 0 Å². The first-order valence-corrected chi connectivity index (χ1v) is 7.28. The van der Waals surface area contributed by atoms with Crippen LogP contribution in [-0.4, -0.2) is 18.6 Å². The molecule has 1 aliphatic rings. The zero-order chi connectivity index (χ0) is 14.0. The molecular weight excluding hydrogens is 239 g/mol. The van der Waals surface area contributed by atoms with Crippen LogP contribution in [0.1, 0.15) is 39.2 Å². The molecule has 1 fully saturated rings. The summed E-state index contributed by atoms with van der Waals surface area (Å²) < 4.78 is 14.3. The van der Waals surface area contributed by atoms with E-state index < -0.39 is 0 Å². The second kappa shape index (κ2) is 5.91. The van der Waals surface area contributed by atoms with Gasteiger partial charge in [0.15, 0.2) is 0 Å². The maximum atomic E-state index is 14.3. The minimum absolute atomic E-state index is 0.0675. The highest BCUT2D eigenvalue weighted by Gasteiger charge is 2.26. The molecule has 2 N–H and O–H groups in total. The lowest BCUT2D eigenvalue weighted by Crippen LogP contribution is -2.33. The third kappa shape index (κ3) is 3.93. The van der Waals surface area contributed by atoms with E-state index in [0.29, 0.717) is 6.04 Å². The number of rotatable bonds is 6. The molecule has 0 amide bonds. The molecule has 19 heavy (non-hydrogen) atoms. The molecule has 2 rings (SSSR count). The molecule has 1 aromatic carbocycles. The third-order valence-electron chi connectivity index (χ3n) is 3.65. The Morgan fingerprint density at radius 1 is 1.32 bits per heavy atom. The second-order valence-electron chi connectivity index (χ2n) is 6.16. The molecule has 106 valence electrons. The lowest BCUT2D eigenvalue weighted by atomic mass is 10.1. The van der Waals surface area contributed by atoms with Gasteiger partial charge >= 0.3 is 0 Å². The number of hydrogen-bond donors (Lipinski definition) is 1.